The molecular formula is C8H5BrF5NO. The van der Waals surface area contributed by atoms with Crippen molar-refractivity contribution in [3.63, 3.8) is 0 Å². The Morgan fingerprint density at radius 2 is 1.81 bits per heavy atom. The number of halogens is 6. The van der Waals surface area contributed by atoms with E-state index in [2.05, 4.69) is 20.7 Å². The lowest BCUT2D eigenvalue weighted by Gasteiger charge is -2.13. The Morgan fingerprint density at radius 1 is 1.25 bits per heavy atom. The van der Waals surface area contributed by atoms with Crippen LogP contribution in [0.2, 0.25) is 0 Å². The Morgan fingerprint density at radius 3 is 2.25 bits per heavy atom. The second kappa shape index (κ2) is 4.44. The fraction of sp³-hybridized carbons (Fsp3) is 0.250. The Kier molecular flexibility index (Phi) is 3.61. The Balaban J connectivity index is 3.11. The summed E-state index contributed by atoms with van der Waals surface area (Å²) in [5.41, 5.74) is 4.15. The maximum atomic E-state index is 12.3. The SMILES string of the molecule is Nc1cc(OC(F)(F)F)c(Br)cc1C(F)F. The molecule has 0 atom stereocenters. The van der Waals surface area contributed by atoms with E-state index in [1.54, 1.807) is 0 Å². The molecule has 0 heterocycles. The van der Waals surface area contributed by atoms with Gasteiger partial charge in [0.2, 0.25) is 0 Å². The van der Waals surface area contributed by atoms with Crippen molar-refractivity contribution in [1.82, 2.24) is 0 Å². The zero-order valence-electron chi connectivity index (χ0n) is 7.49. The molecule has 8 heteroatoms. The largest absolute Gasteiger partial charge is 0.573 e. The van der Waals surface area contributed by atoms with Crippen LogP contribution in [0.5, 0.6) is 5.75 Å². The lowest BCUT2D eigenvalue weighted by molar-refractivity contribution is -0.274. The summed E-state index contributed by atoms with van der Waals surface area (Å²) in [5, 5.41) is 0. The van der Waals surface area contributed by atoms with Gasteiger partial charge in [0.05, 0.1) is 4.47 Å². The number of ether oxygens (including phenoxy) is 1. The summed E-state index contributed by atoms with van der Waals surface area (Å²) in [6, 6.07) is 1.49. The molecule has 0 amide bonds. The fourth-order valence-electron chi connectivity index (χ4n) is 0.976. The third kappa shape index (κ3) is 3.22. The number of anilines is 1. The minimum absolute atomic E-state index is 0.241. The maximum absolute atomic E-state index is 12.3. The van der Waals surface area contributed by atoms with Crippen LogP contribution in [0.15, 0.2) is 16.6 Å². The highest BCUT2D eigenvalue weighted by Crippen LogP contribution is 2.37. The molecule has 0 aliphatic heterocycles. The van der Waals surface area contributed by atoms with Crippen molar-refractivity contribution in [1.29, 1.82) is 0 Å². The van der Waals surface area contributed by atoms with E-state index in [-0.39, 0.29) is 4.47 Å². The molecular weight excluding hydrogens is 301 g/mol. The monoisotopic (exact) mass is 305 g/mol. The molecule has 2 N–H and O–H groups in total. The minimum Gasteiger partial charge on any atom is -0.405 e. The zero-order valence-corrected chi connectivity index (χ0v) is 9.07. The van der Waals surface area contributed by atoms with Gasteiger partial charge in [-0.15, -0.1) is 13.2 Å². The molecule has 1 aromatic carbocycles. The van der Waals surface area contributed by atoms with Gasteiger partial charge in [0, 0.05) is 17.3 Å². The molecule has 0 spiro atoms. The van der Waals surface area contributed by atoms with Gasteiger partial charge in [0.15, 0.2) is 0 Å². The van der Waals surface area contributed by atoms with Gasteiger partial charge < -0.3 is 10.5 Å². The number of nitrogens with two attached hydrogens (primary N) is 1. The summed E-state index contributed by atoms with van der Waals surface area (Å²) < 4.78 is 63.6. The molecule has 0 saturated heterocycles. The molecule has 0 aliphatic carbocycles. The molecule has 0 saturated carbocycles. The number of benzene rings is 1. The van der Waals surface area contributed by atoms with Crippen LogP contribution in [0.25, 0.3) is 0 Å². The van der Waals surface area contributed by atoms with E-state index in [0.29, 0.717) is 6.07 Å². The van der Waals surface area contributed by atoms with Crippen molar-refractivity contribution in [2.45, 2.75) is 12.8 Å². The smallest absolute Gasteiger partial charge is 0.405 e. The molecule has 90 valence electrons. The number of nitrogen functional groups attached to an aromatic ring is 1. The van der Waals surface area contributed by atoms with Crippen LogP contribution < -0.4 is 10.5 Å². The van der Waals surface area contributed by atoms with Crippen molar-refractivity contribution < 1.29 is 26.7 Å². The van der Waals surface area contributed by atoms with E-state index >= 15 is 0 Å². The van der Waals surface area contributed by atoms with Gasteiger partial charge in [-0.3, -0.25) is 0 Å². The third-order valence-corrected chi connectivity index (χ3v) is 2.22. The van der Waals surface area contributed by atoms with Crippen LogP contribution in [0.3, 0.4) is 0 Å². The summed E-state index contributed by atoms with van der Waals surface area (Å²) in [4.78, 5) is 0. The molecule has 0 bridgehead atoms. The van der Waals surface area contributed by atoms with Crippen LogP contribution >= 0.6 is 15.9 Å². The van der Waals surface area contributed by atoms with Gasteiger partial charge in [-0.2, -0.15) is 0 Å². The highest BCUT2D eigenvalue weighted by Gasteiger charge is 2.32. The Bertz CT molecular complexity index is 393. The molecule has 0 aliphatic rings. The molecule has 1 rings (SSSR count). The number of hydrogen-bond donors (Lipinski definition) is 1. The first-order valence-electron chi connectivity index (χ1n) is 3.83. The highest BCUT2D eigenvalue weighted by molar-refractivity contribution is 9.10. The zero-order chi connectivity index (χ0) is 12.5. The van der Waals surface area contributed by atoms with E-state index in [9.17, 15) is 22.0 Å². The van der Waals surface area contributed by atoms with Crippen LogP contribution in [0.4, 0.5) is 27.6 Å². The van der Waals surface area contributed by atoms with Gasteiger partial charge in [0.25, 0.3) is 6.43 Å². The normalized spacial score (nSPS) is 11.9. The maximum Gasteiger partial charge on any atom is 0.573 e. The van der Waals surface area contributed by atoms with E-state index in [0.717, 1.165) is 6.07 Å². The quantitative estimate of drug-likeness (QED) is 0.665. The van der Waals surface area contributed by atoms with Crippen molar-refractivity contribution in [3.05, 3.63) is 22.2 Å². The van der Waals surface area contributed by atoms with E-state index in [1.807, 2.05) is 0 Å². The van der Waals surface area contributed by atoms with Crippen LogP contribution in [-0.4, -0.2) is 6.36 Å². The van der Waals surface area contributed by atoms with Crippen LogP contribution in [0.1, 0.15) is 12.0 Å². The summed E-state index contributed by atoms with van der Waals surface area (Å²) in [6.07, 6.45) is -7.77. The lowest BCUT2D eigenvalue weighted by atomic mass is 10.2. The molecule has 0 radical (unpaired) electrons. The number of hydrogen-bond acceptors (Lipinski definition) is 2. The highest BCUT2D eigenvalue weighted by atomic mass is 79.9. The minimum atomic E-state index is -4.90. The van der Waals surface area contributed by atoms with Crippen molar-refractivity contribution in [2.24, 2.45) is 0 Å². The van der Waals surface area contributed by atoms with Gasteiger partial charge in [-0.25, -0.2) is 8.78 Å². The third-order valence-electron chi connectivity index (χ3n) is 1.60. The molecule has 16 heavy (non-hydrogen) atoms. The first kappa shape index (κ1) is 13.0. The molecule has 1 aromatic rings. The fourth-order valence-corrected chi connectivity index (χ4v) is 1.42. The van der Waals surface area contributed by atoms with E-state index < -0.39 is 29.8 Å². The van der Waals surface area contributed by atoms with Crippen molar-refractivity contribution in [2.75, 3.05) is 5.73 Å². The molecule has 2 nitrogen and oxygen atoms in total. The van der Waals surface area contributed by atoms with Gasteiger partial charge in [-0.1, -0.05) is 0 Å². The molecule has 0 unspecified atom stereocenters. The van der Waals surface area contributed by atoms with E-state index in [1.165, 1.54) is 0 Å². The second-order valence-electron chi connectivity index (χ2n) is 2.76. The lowest BCUT2D eigenvalue weighted by Crippen LogP contribution is -2.17. The standard InChI is InChI=1S/C8H5BrF5NO/c9-4-1-3(7(10)11)5(15)2-6(4)16-8(12,13)14/h1-2,7H,15H2. The van der Waals surface area contributed by atoms with Crippen LogP contribution in [-0.2, 0) is 0 Å². The molecule has 0 aromatic heterocycles. The summed E-state index contributed by atoms with van der Waals surface area (Å²) in [6.45, 7) is 0. The van der Waals surface area contributed by atoms with Crippen molar-refractivity contribution >= 4 is 21.6 Å². The summed E-state index contributed by atoms with van der Waals surface area (Å²) >= 11 is 2.69. The average Bonchev–Trinajstić information content (AvgIpc) is 2.07. The van der Waals surface area contributed by atoms with Crippen molar-refractivity contribution in [3.8, 4) is 5.75 Å². The Hall–Kier alpha value is -1.05. The molecule has 0 fully saturated rings. The number of alkyl halides is 5. The van der Waals surface area contributed by atoms with Gasteiger partial charge >= 0.3 is 6.36 Å². The Labute approximate surface area is 95.3 Å². The van der Waals surface area contributed by atoms with Crippen LogP contribution in [0, 0.1) is 0 Å². The summed E-state index contributed by atoms with van der Waals surface area (Å²) in [7, 11) is 0. The first-order chi connectivity index (χ1) is 7.20. The predicted molar refractivity (Wildman–Crippen MR) is 50.2 cm³/mol. The second-order valence-corrected chi connectivity index (χ2v) is 3.61. The van der Waals surface area contributed by atoms with Gasteiger partial charge in [0.1, 0.15) is 5.75 Å². The number of rotatable bonds is 2. The topological polar surface area (TPSA) is 35.2 Å². The predicted octanol–water partition coefficient (Wildman–Crippen LogP) is 3.87. The average molecular weight is 306 g/mol. The first-order valence-corrected chi connectivity index (χ1v) is 4.63. The van der Waals surface area contributed by atoms with E-state index in [4.69, 9.17) is 5.73 Å². The summed E-state index contributed by atoms with van der Waals surface area (Å²) in [5.74, 6) is -0.658. The van der Waals surface area contributed by atoms with Gasteiger partial charge in [-0.05, 0) is 22.0 Å².